The van der Waals surface area contributed by atoms with Crippen LogP contribution in [-0.4, -0.2) is 38.1 Å². The Labute approximate surface area is 89.7 Å². The van der Waals surface area contributed by atoms with E-state index in [4.69, 9.17) is 0 Å². The Kier molecular flexibility index (Phi) is 10.9. The van der Waals surface area contributed by atoms with Gasteiger partial charge in [-0.2, -0.15) is 0 Å². The molecule has 0 aliphatic carbocycles. The van der Waals surface area contributed by atoms with Gasteiger partial charge in [-0.1, -0.05) is 0 Å². The van der Waals surface area contributed by atoms with E-state index in [9.17, 15) is 9.90 Å². The smallest absolute Gasteiger partial charge is 1.00 e. The molecule has 0 saturated carbocycles. The first-order valence-electron chi connectivity index (χ1n) is 2.42. The maximum absolute atomic E-state index is 9.89. The number of carboxylic acids is 1. The zero-order chi connectivity index (χ0) is 6.78. The van der Waals surface area contributed by atoms with Gasteiger partial charge in [-0.15, -0.1) is 0 Å². The standard InChI is InChI=1S/C5H11NO2.ClH.Na/c1-6(2,3)4-5(7)8;;/h4H2,1-3H3;1H;/q;;+1/p-1. The number of aliphatic carboxylic acids is 1. The van der Waals surface area contributed by atoms with E-state index in [-0.39, 0.29) is 48.5 Å². The molecule has 0 aromatic carbocycles. The third-order valence-corrected chi connectivity index (χ3v) is 0.603. The molecule has 0 amide bonds. The number of rotatable bonds is 2. The summed E-state index contributed by atoms with van der Waals surface area (Å²) >= 11 is 0. The van der Waals surface area contributed by atoms with Crippen molar-refractivity contribution in [3.05, 3.63) is 0 Å². The zero-order valence-corrected chi connectivity index (χ0v) is 9.60. The van der Waals surface area contributed by atoms with Crippen LogP contribution in [-0.2, 0) is 4.79 Å². The van der Waals surface area contributed by atoms with Crippen LogP contribution in [0.25, 0.3) is 0 Å². The molecule has 0 radical (unpaired) electrons. The molecule has 0 aromatic rings. The van der Waals surface area contributed by atoms with Crippen LogP contribution in [0.15, 0.2) is 0 Å². The summed E-state index contributed by atoms with van der Waals surface area (Å²) in [6.07, 6.45) is 0. The van der Waals surface area contributed by atoms with Gasteiger partial charge in [0.15, 0.2) is 0 Å². The van der Waals surface area contributed by atoms with Gasteiger partial charge in [-0.3, -0.25) is 0 Å². The van der Waals surface area contributed by atoms with E-state index in [1.165, 1.54) is 0 Å². The van der Waals surface area contributed by atoms with E-state index in [1.807, 2.05) is 0 Å². The van der Waals surface area contributed by atoms with Crippen molar-refractivity contribution < 1.29 is 56.3 Å². The van der Waals surface area contributed by atoms with Crippen molar-refractivity contribution >= 4 is 5.97 Å². The number of likely N-dealkylation sites (N-methyl/N-ethyl adjacent to an activating group) is 1. The molecule has 0 unspecified atom stereocenters. The van der Waals surface area contributed by atoms with Crippen molar-refractivity contribution in [1.29, 1.82) is 0 Å². The first-order valence-corrected chi connectivity index (χ1v) is 2.42. The first-order chi connectivity index (χ1) is 3.42. The van der Waals surface area contributed by atoms with Crippen molar-refractivity contribution in [2.24, 2.45) is 0 Å². The monoisotopic (exact) mass is 175 g/mol. The van der Waals surface area contributed by atoms with E-state index in [2.05, 4.69) is 0 Å². The Balaban J connectivity index is -0.000000245. The van der Waals surface area contributed by atoms with E-state index in [1.54, 1.807) is 21.1 Å². The van der Waals surface area contributed by atoms with E-state index in [0.717, 1.165) is 0 Å². The Morgan fingerprint density at radius 2 is 1.70 bits per heavy atom. The van der Waals surface area contributed by atoms with Crippen LogP contribution in [0.5, 0.6) is 0 Å². The Morgan fingerprint density at radius 3 is 1.70 bits per heavy atom. The summed E-state index contributed by atoms with van der Waals surface area (Å²) in [4.78, 5) is 9.89. The molecule has 0 fully saturated rings. The molecule has 0 aliphatic rings. The van der Waals surface area contributed by atoms with E-state index >= 15 is 0 Å². The topological polar surface area (TPSA) is 40.1 Å². The molecule has 56 valence electrons. The van der Waals surface area contributed by atoms with Gasteiger partial charge in [0.2, 0.25) is 0 Å². The molecule has 3 nitrogen and oxygen atoms in total. The summed E-state index contributed by atoms with van der Waals surface area (Å²) < 4.78 is 0.419. The zero-order valence-electron chi connectivity index (χ0n) is 6.85. The number of carboxylic acid groups (broad SMARTS) is 1. The number of carbonyl (C=O) groups is 1. The predicted molar refractivity (Wildman–Crippen MR) is 27.9 cm³/mol. The van der Waals surface area contributed by atoms with Crippen molar-refractivity contribution in [3.63, 3.8) is 0 Å². The summed E-state index contributed by atoms with van der Waals surface area (Å²) in [5.41, 5.74) is 0. The van der Waals surface area contributed by atoms with Gasteiger partial charge in [0.25, 0.3) is 0 Å². The van der Waals surface area contributed by atoms with Crippen LogP contribution >= 0.6 is 0 Å². The maximum atomic E-state index is 9.89. The van der Waals surface area contributed by atoms with E-state index in [0.29, 0.717) is 4.48 Å². The van der Waals surface area contributed by atoms with Crippen LogP contribution in [0.1, 0.15) is 0 Å². The summed E-state index contributed by atoms with van der Waals surface area (Å²) in [6.45, 7) is 0.0694. The van der Waals surface area contributed by atoms with Gasteiger partial charge < -0.3 is 26.8 Å². The van der Waals surface area contributed by atoms with Crippen molar-refractivity contribution in [2.45, 2.75) is 0 Å². The number of nitrogens with zero attached hydrogens (tertiary/aromatic N) is 1. The Bertz CT molecular complexity index is 102. The molecule has 10 heavy (non-hydrogen) atoms. The second kappa shape index (κ2) is 6.43. The Morgan fingerprint density at radius 1 is 1.40 bits per heavy atom. The molecule has 0 atom stereocenters. The summed E-state index contributed by atoms with van der Waals surface area (Å²) in [5, 5.41) is 9.89. The third-order valence-electron chi connectivity index (χ3n) is 0.603. The fraction of sp³-hybridized carbons (Fsp3) is 0.800. The average Bonchev–Trinajstić information content (AvgIpc) is 1.21. The molecule has 0 rings (SSSR count). The van der Waals surface area contributed by atoms with Gasteiger partial charge >= 0.3 is 29.6 Å². The van der Waals surface area contributed by atoms with Crippen molar-refractivity contribution in [3.8, 4) is 0 Å². The quantitative estimate of drug-likeness (QED) is 0.309. The molecule has 0 N–H and O–H groups in total. The second-order valence-corrected chi connectivity index (χ2v) is 2.82. The van der Waals surface area contributed by atoms with Crippen LogP contribution in [0.3, 0.4) is 0 Å². The number of hydrogen-bond donors (Lipinski definition) is 0. The number of carbonyl (C=O) groups excluding carboxylic acids is 1. The normalized spacial score (nSPS) is 9.10. The SMILES string of the molecule is C[N+](C)(C)CC(=O)[O-].[Cl-].[Na+]. The predicted octanol–water partition coefficient (Wildman–Crippen LogP) is -7.55. The van der Waals surface area contributed by atoms with Gasteiger partial charge in [0.1, 0.15) is 6.54 Å². The molecular weight excluding hydrogens is 165 g/mol. The molecule has 0 bridgehead atoms. The minimum absolute atomic E-state index is 0. The second-order valence-electron chi connectivity index (χ2n) is 2.82. The summed E-state index contributed by atoms with van der Waals surface area (Å²) in [7, 11) is 5.40. The minimum Gasteiger partial charge on any atom is -1.00 e. The van der Waals surface area contributed by atoms with Crippen LogP contribution in [0.2, 0.25) is 0 Å². The molecule has 5 heteroatoms. The Hall–Kier alpha value is 0.720. The number of halogens is 1. The molecular formula is C5H11ClNNaO2. The van der Waals surface area contributed by atoms with Crippen LogP contribution in [0, 0.1) is 0 Å². The molecule has 0 aromatic heterocycles. The fourth-order valence-electron chi connectivity index (χ4n) is 0.387. The number of hydrogen-bond acceptors (Lipinski definition) is 2. The van der Waals surface area contributed by atoms with Crippen molar-refractivity contribution in [2.75, 3.05) is 27.7 Å². The molecule has 0 spiro atoms. The first kappa shape index (κ1) is 17.0. The molecule has 0 saturated heterocycles. The largest absolute Gasteiger partial charge is 1.00 e. The minimum atomic E-state index is -1.00. The molecule has 0 aliphatic heterocycles. The third kappa shape index (κ3) is 15.9. The fourth-order valence-corrected chi connectivity index (χ4v) is 0.387. The number of quaternary nitrogens is 1. The van der Waals surface area contributed by atoms with Crippen molar-refractivity contribution in [1.82, 2.24) is 0 Å². The summed E-state index contributed by atoms with van der Waals surface area (Å²) in [6, 6.07) is 0. The maximum Gasteiger partial charge on any atom is 1.00 e. The van der Waals surface area contributed by atoms with Gasteiger partial charge in [-0.05, 0) is 0 Å². The van der Waals surface area contributed by atoms with Gasteiger partial charge in [0, 0.05) is 0 Å². The van der Waals surface area contributed by atoms with Gasteiger partial charge in [-0.25, -0.2) is 0 Å². The van der Waals surface area contributed by atoms with Crippen LogP contribution < -0.4 is 47.1 Å². The summed E-state index contributed by atoms with van der Waals surface area (Å²) in [5.74, 6) is -1.00. The van der Waals surface area contributed by atoms with Crippen LogP contribution in [0.4, 0.5) is 0 Å². The average molecular weight is 176 g/mol. The van der Waals surface area contributed by atoms with Gasteiger partial charge in [0.05, 0.1) is 27.1 Å². The van der Waals surface area contributed by atoms with E-state index < -0.39 is 5.97 Å². The molecule has 0 heterocycles.